The maximum atomic E-state index is 13.1. The van der Waals surface area contributed by atoms with Gasteiger partial charge in [-0.3, -0.25) is 38.4 Å². The first-order chi connectivity index (χ1) is 28.4. The summed E-state index contributed by atoms with van der Waals surface area (Å²) in [6.07, 6.45) is -6.96. The van der Waals surface area contributed by atoms with Crippen molar-refractivity contribution in [3.8, 4) is 0 Å². The lowest BCUT2D eigenvalue weighted by Crippen LogP contribution is -2.50. The fraction of sp³-hybridized carbons (Fsp3) is 0.500. The van der Waals surface area contributed by atoms with E-state index in [1.807, 2.05) is 0 Å². The molecule has 322 valence electrons. The number of nitrogens with zero attached hydrogens (tertiary/aromatic N) is 2. The maximum Gasteiger partial charge on any atom is 0.306 e. The van der Waals surface area contributed by atoms with E-state index in [1.54, 1.807) is 60.7 Å². The molecule has 0 aromatic heterocycles. The van der Waals surface area contributed by atoms with Crippen molar-refractivity contribution < 1.29 is 76.6 Å². The van der Waals surface area contributed by atoms with Crippen molar-refractivity contribution >= 4 is 81.3 Å². The molecule has 12 atom stereocenters. The molecular formula is C40H44N2O16S2. The molecule has 6 saturated heterocycles. The van der Waals surface area contributed by atoms with Gasteiger partial charge in [0.1, 0.15) is 36.6 Å². The van der Waals surface area contributed by atoms with Crippen molar-refractivity contribution in [1.29, 1.82) is 0 Å². The van der Waals surface area contributed by atoms with Gasteiger partial charge in [0.05, 0.1) is 67.8 Å². The van der Waals surface area contributed by atoms with E-state index in [0.717, 1.165) is 4.90 Å². The topological polar surface area (TPSA) is 228 Å². The zero-order valence-corrected chi connectivity index (χ0v) is 33.4. The Labute approximate surface area is 354 Å². The first kappa shape index (κ1) is 46.0. The van der Waals surface area contributed by atoms with Gasteiger partial charge in [0, 0.05) is 36.6 Å². The van der Waals surface area contributed by atoms with Crippen molar-refractivity contribution in [2.75, 3.05) is 31.1 Å². The molecule has 0 aliphatic carbocycles. The maximum absolute atomic E-state index is 13.1. The van der Waals surface area contributed by atoms with Crippen molar-refractivity contribution in [3.05, 3.63) is 60.7 Å². The number of carboxylic acids is 1. The van der Waals surface area contributed by atoms with Gasteiger partial charge >= 0.3 is 23.9 Å². The molecule has 8 rings (SSSR count). The monoisotopic (exact) mass is 872 g/mol. The number of fused-ring (bicyclic) bond motifs is 10. The molecule has 4 amide bonds. The number of para-hydroxylation sites is 2. The standard InChI is InChI=1S/C20H21NO8.C19H19NO8.CH4.S2/c1-26-11(22)8-9-12(23)28-18-16-14-13(15(29-16)17(18)27-2)19(24)21(20(14)25)10-6-4-3-5-7-10;1-26-16-14-12-13(15(28-14)17(16)27-11(23)8-7-10(21)22)19(25)20(18(12)24)9-5-3-2-4-6-9;;1-2/h3-7,13-18H,8-9H2,1-2H3;2-6,12-17H,7-8H2,1H3,(H,21,22);1H4;. The van der Waals surface area contributed by atoms with Gasteiger partial charge in [0.25, 0.3) is 0 Å². The number of hydrogen-bond donors (Lipinski definition) is 1. The summed E-state index contributed by atoms with van der Waals surface area (Å²) in [5, 5.41) is 8.71. The van der Waals surface area contributed by atoms with E-state index in [2.05, 4.69) is 27.1 Å². The van der Waals surface area contributed by atoms with Crippen LogP contribution in [0.1, 0.15) is 33.1 Å². The fourth-order valence-electron chi connectivity index (χ4n) is 8.79. The summed E-state index contributed by atoms with van der Waals surface area (Å²) >= 11 is 7.33. The Balaban J connectivity index is 0.000000215. The van der Waals surface area contributed by atoms with Crippen LogP contribution in [0.2, 0.25) is 0 Å². The van der Waals surface area contributed by atoms with E-state index in [9.17, 15) is 38.4 Å². The summed E-state index contributed by atoms with van der Waals surface area (Å²) in [7, 11) is 4.09. The summed E-state index contributed by atoms with van der Waals surface area (Å²) in [5.74, 6) is -7.30. The number of aliphatic carboxylic acids is 1. The predicted octanol–water partition coefficient (Wildman–Crippen LogP) is 1.45. The van der Waals surface area contributed by atoms with Gasteiger partial charge in [-0.05, 0) is 24.3 Å². The lowest BCUT2D eigenvalue weighted by atomic mass is 9.78. The summed E-state index contributed by atoms with van der Waals surface area (Å²) < 4.78 is 38.0. The van der Waals surface area contributed by atoms with Gasteiger partial charge in [-0.2, -0.15) is 0 Å². The number of rotatable bonds is 12. The second kappa shape index (κ2) is 19.5. The minimum absolute atomic E-state index is 0. The highest BCUT2D eigenvalue weighted by Crippen LogP contribution is 2.52. The number of amides is 4. The summed E-state index contributed by atoms with van der Waals surface area (Å²) in [6, 6.07) is 17.3. The zero-order valence-electron chi connectivity index (χ0n) is 31.8. The van der Waals surface area contributed by atoms with Crippen LogP contribution < -0.4 is 9.80 Å². The average molecular weight is 873 g/mol. The highest BCUT2D eigenvalue weighted by Gasteiger charge is 2.72. The van der Waals surface area contributed by atoms with Crippen LogP contribution >= 0.6 is 0 Å². The molecule has 6 aliphatic heterocycles. The van der Waals surface area contributed by atoms with Crippen LogP contribution in [0.3, 0.4) is 0 Å². The van der Waals surface area contributed by atoms with E-state index in [-0.39, 0.29) is 50.8 Å². The molecule has 20 heteroatoms. The Bertz CT molecular complexity index is 1970. The van der Waals surface area contributed by atoms with Crippen LogP contribution in [-0.2, 0) is 93.9 Å². The number of methoxy groups -OCH3 is 3. The zero-order chi connectivity index (χ0) is 42.7. The van der Waals surface area contributed by atoms with E-state index in [4.69, 9.17) is 33.5 Å². The van der Waals surface area contributed by atoms with Crippen LogP contribution in [0.25, 0.3) is 0 Å². The number of hydrogen-bond acceptors (Lipinski definition) is 17. The number of esters is 3. The Hall–Kier alpha value is -5.12. The normalized spacial score (nSPS) is 31.2. The molecule has 6 heterocycles. The van der Waals surface area contributed by atoms with E-state index >= 15 is 0 Å². The Morgan fingerprint density at radius 1 is 0.550 bits per heavy atom. The van der Waals surface area contributed by atoms with E-state index in [1.165, 1.54) is 26.2 Å². The predicted molar refractivity (Wildman–Crippen MR) is 210 cm³/mol. The molecule has 6 fully saturated rings. The molecule has 0 spiro atoms. The third kappa shape index (κ3) is 8.31. The molecule has 2 aromatic carbocycles. The number of carboxylic acid groups (broad SMARTS) is 1. The lowest BCUT2D eigenvalue weighted by molar-refractivity contribution is -0.163. The van der Waals surface area contributed by atoms with Crippen molar-refractivity contribution in [1.82, 2.24) is 0 Å². The molecule has 60 heavy (non-hydrogen) atoms. The van der Waals surface area contributed by atoms with E-state index in [0.29, 0.717) is 11.4 Å². The second-order valence-electron chi connectivity index (χ2n) is 14.2. The molecule has 0 radical (unpaired) electrons. The highest BCUT2D eigenvalue weighted by molar-refractivity contribution is 8.07. The van der Waals surface area contributed by atoms with Gasteiger partial charge in [0.15, 0.2) is 12.2 Å². The van der Waals surface area contributed by atoms with Gasteiger partial charge in [-0.15, -0.1) is 0 Å². The molecule has 1 N–H and O–H groups in total. The van der Waals surface area contributed by atoms with Gasteiger partial charge in [-0.1, -0.05) is 43.8 Å². The lowest BCUT2D eigenvalue weighted by Gasteiger charge is -2.31. The van der Waals surface area contributed by atoms with Crippen LogP contribution in [0, 0.1) is 23.7 Å². The third-order valence-corrected chi connectivity index (χ3v) is 11.2. The summed E-state index contributed by atoms with van der Waals surface area (Å²) in [6.45, 7) is 0. The molecule has 2 aromatic rings. The molecule has 18 nitrogen and oxygen atoms in total. The van der Waals surface area contributed by atoms with E-state index < -0.39 is 102 Å². The first-order valence-corrected chi connectivity index (χ1v) is 19.8. The third-order valence-electron chi connectivity index (χ3n) is 11.2. The van der Waals surface area contributed by atoms with Crippen LogP contribution in [-0.4, -0.2) is 123 Å². The number of anilines is 2. The fourth-order valence-corrected chi connectivity index (χ4v) is 8.79. The average Bonchev–Trinajstić information content (AvgIpc) is 4.08. The van der Waals surface area contributed by atoms with Gasteiger partial charge in [-0.25, -0.2) is 9.80 Å². The molecule has 12 unspecified atom stereocenters. The number of benzene rings is 2. The molecule has 0 saturated carbocycles. The summed E-state index contributed by atoms with van der Waals surface area (Å²) in [5.41, 5.74) is 0.979. The smallest absolute Gasteiger partial charge is 0.306 e. The highest BCUT2D eigenvalue weighted by atomic mass is 32.8. The number of ether oxygens (including phenoxy) is 7. The second-order valence-corrected chi connectivity index (χ2v) is 14.2. The first-order valence-electron chi connectivity index (χ1n) is 18.5. The SMILES string of the molecule is C.COC(=O)CCC(=O)OC1C(OC)C2OC1C1C(=O)N(c3ccccc3)C(=O)C21.COC1C(OC(=O)CCC(=O)O)C2OC1C1C(=O)N(c3ccccc3)C(=O)C21.S=S. The van der Waals surface area contributed by atoms with Crippen molar-refractivity contribution in [2.24, 2.45) is 23.7 Å². The van der Waals surface area contributed by atoms with Crippen LogP contribution in [0.15, 0.2) is 60.7 Å². The number of imide groups is 2. The van der Waals surface area contributed by atoms with Crippen molar-refractivity contribution in [3.63, 3.8) is 0 Å². The van der Waals surface area contributed by atoms with Crippen LogP contribution in [0.5, 0.6) is 0 Å². The minimum atomic E-state index is -1.11. The Morgan fingerprint density at radius 3 is 1.18 bits per heavy atom. The van der Waals surface area contributed by atoms with Crippen LogP contribution in [0.4, 0.5) is 11.4 Å². The molecular weight excluding hydrogens is 829 g/mol. The van der Waals surface area contributed by atoms with Crippen molar-refractivity contribution in [2.45, 2.75) is 81.9 Å². The van der Waals surface area contributed by atoms with Gasteiger partial charge in [0.2, 0.25) is 23.6 Å². The van der Waals surface area contributed by atoms with Gasteiger partial charge < -0.3 is 38.3 Å². The molecule has 6 aliphatic rings. The largest absolute Gasteiger partial charge is 0.481 e. The molecule has 4 bridgehead atoms. The quantitative estimate of drug-likeness (QED) is 0.181. The minimum Gasteiger partial charge on any atom is -0.481 e. The number of carbonyl (C=O) groups excluding carboxylic acids is 7. The Kier molecular flexibility index (Phi) is 14.9. The number of carbonyl (C=O) groups is 8. The summed E-state index contributed by atoms with van der Waals surface area (Å²) in [4.78, 5) is 100. The Morgan fingerprint density at radius 2 is 0.867 bits per heavy atom.